The fourth-order valence-electron chi connectivity index (χ4n) is 3.12. The molecule has 0 spiro atoms. The zero-order valence-corrected chi connectivity index (χ0v) is 17.4. The zero-order chi connectivity index (χ0) is 20.7. The highest BCUT2D eigenvalue weighted by Gasteiger charge is 2.11. The molecular formula is C21H16Cl2N6O. The molecule has 9 heteroatoms. The van der Waals surface area contributed by atoms with Crippen LogP contribution in [-0.4, -0.2) is 24.4 Å². The van der Waals surface area contributed by atoms with Gasteiger partial charge in [-0.2, -0.15) is 9.61 Å². The predicted octanol–water partition coefficient (Wildman–Crippen LogP) is 5.59. The number of imidazole rings is 1. The molecule has 2 aromatic carbocycles. The Hall–Kier alpha value is -3.29. The quantitative estimate of drug-likeness (QED) is 0.386. The van der Waals surface area contributed by atoms with E-state index in [-0.39, 0.29) is 0 Å². The second-order valence-corrected chi connectivity index (χ2v) is 7.63. The first kappa shape index (κ1) is 18.7. The van der Waals surface area contributed by atoms with Crippen LogP contribution >= 0.6 is 23.2 Å². The Labute approximate surface area is 181 Å². The lowest BCUT2D eigenvalue weighted by Crippen LogP contribution is -2.01. The average molecular weight is 439 g/mol. The molecule has 0 unspecified atom stereocenters. The second-order valence-electron chi connectivity index (χ2n) is 6.81. The van der Waals surface area contributed by atoms with E-state index in [1.807, 2.05) is 60.3 Å². The van der Waals surface area contributed by atoms with Crippen molar-refractivity contribution in [1.29, 1.82) is 0 Å². The van der Waals surface area contributed by atoms with E-state index >= 15 is 0 Å². The fraction of sp³-hybridized carbons (Fsp3) is 0.0952. The van der Waals surface area contributed by atoms with Gasteiger partial charge in [0.1, 0.15) is 5.82 Å². The summed E-state index contributed by atoms with van der Waals surface area (Å²) < 4.78 is 9.26. The number of fused-ring (bicyclic) bond motifs is 1. The van der Waals surface area contributed by atoms with Gasteiger partial charge in [-0.05, 0) is 48.9 Å². The van der Waals surface area contributed by atoms with Crippen molar-refractivity contribution in [2.45, 2.75) is 13.5 Å². The van der Waals surface area contributed by atoms with Gasteiger partial charge in [0, 0.05) is 23.5 Å². The van der Waals surface area contributed by atoms with Gasteiger partial charge in [-0.25, -0.2) is 4.98 Å². The predicted molar refractivity (Wildman–Crippen MR) is 116 cm³/mol. The Bertz CT molecular complexity index is 1340. The summed E-state index contributed by atoms with van der Waals surface area (Å²) in [5.41, 5.74) is 3.44. The van der Waals surface area contributed by atoms with Crippen LogP contribution in [0.25, 0.3) is 17.2 Å². The lowest BCUT2D eigenvalue weighted by atomic mass is 10.2. The first-order valence-corrected chi connectivity index (χ1v) is 9.97. The SMILES string of the molecule is Cc1ncc2oc(-c3ccc(Nc4ccn(Cc5ccc(Cl)c(Cl)c5)n4)cc3)nn12. The molecule has 0 aliphatic rings. The van der Waals surface area contributed by atoms with Crippen LogP contribution in [0.4, 0.5) is 11.5 Å². The van der Waals surface area contributed by atoms with Crippen molar-refractivity contribution >= 4 is 40.4 Å². The van der Waals surface area contributed by atoms with Gasteiger partial charge in [0.05, 0.1) is 22.8 Å². The van der Waals surface area contributed by atoms with Gasteiger partial charge in [-0.15, -0.1) is 5.10 Å². The van der Waals surface area contributed by atoms with Crippen LogP contribution in [0.2, 0.25) is 10.0 Å². The van der Waals surface area contributed by atoms with E-state index in [1.165, 1.54) is 0 Å². The van der Waals surface area contributed by atoms with Gasteiger partial charge in [-0.1, -0.05) is 29.3 Å². The molecule has 0 saturated heterocycles. The third-order valence-corrected chi connectivity index (χ3v) is 5.38. The zero-order valence-electron chi connectivity index (χ0n) is 15.9. The van der Waals surface area contributed by atoms with Crippen LogP contribution < -0.4 is 5.32 Å². The molecular weight excluding hydrogens is 423 g/mol. The molecule has 1 N–H and O–H groups in total. The second kappa shape index (κ2) is 7.51. The fourth-order valence-corrected chi connectivity index (χ4v) is 3.44. The van der Waals surface area contributed by atoms with E-state index in [2.05, 4.69) is 20.5 Å². The van der Waals surface area contributed by atoms with Gasteiger partial charge in [-0.3, -0.25) is 4.68 Å². The van der Waals surface area contributed by atoms with Crippen LogP contribution in [0.1, 0.15) is 11.4 Å². The van der Waals surface area contributed by atoms with Crippen molar-refractivity contribution in [1.82, 2.24) is 24.4 Å². The minimum atomic E-state index is 0.537. The standard InChI is InChI=1S/C21H16Cl2N6O/c1-13-24-11-20-29(13)27-21(30-20)15-3-5-16(6-4-15)25-19-8-9-28(26-19)12-14-2-7-17(22)18(23)10-14/h2-11H,12H2,1H3,(H,25,26). The first-order chi connectivity index (χ1) is 14.5. The summed E-state index contributed by atoms with van der Waals surface area (Å²) in [4.78, 5) is 4.16. The average Bonchev–Trinajstić information content (AvgIpc) is 3.44. The van der Waals surface area contributed by atoms with E-state index in [1.54, 1.807) is 16.8 Å². The normalized spacial score (nSPS) is 11.3. The van der Waals surface area contributed by atoms with Crippen molar-refractivity contribution in [3.05, 3.63) is 82.4 Å². The lowest BCUT2D eigenvalue weighted by Gasteiger charge is -2.05. The summed E-state index contributed by atoms with van der Waals surface area (Å²) in [6, 6.07) is 15.3. The molecule has 150 valence electrons. The third kappa shape index (κ3) is 3.65. The number of rotatable bonds is 5. The minimum Gasteiger partial charge on any atom is -0.417 e. The molecule has 0 atom stereocenters. The number of hydrogen-bond donors (Lipinski definition) is 1. The number of anilines is 2. The highest BCUT2D eigenvalue weighted by atomic mass is 35.5. The molecule has 0 bridgehead atoms. The van der Waals surface area contributed by atoms with Gasteiger partial charge in [0.2, 0.25) is 11.6 Å². The van der Waals surface area contributed by atoms with E-state index in [0.717, 1.165) is 28.5 Å². The van der Waals surface area contributed by atoms with Gasteiger partial charge >= 0.3 is 0 Å². The van der Waals surface area contributed by atoms with Gasteiger partial charge in [0.15, 0.2) is 5.82 Å². The topological polar surface area (TPSA) is 73.2 Å². The number of halogens is 2. The number of nitrogens with zero attached hydrogens (tertiary/aromatic N) is 5. The molecule has 7 nitrogen and oxygen atoms in total. The maximum atomic E-state index is 6.08. The Morgan fingerprint density at radius 2 is 1.83 bits per heavy atom. The summed E-state index contributed by atoms with van der Waals surface area (Å²) in [6.07, 6.45) is 3.57. The van der Waals surface area contributed by atoms with E-state index in [0.29, 0.717) is 28.2 Å². The summed E-state index contributed by atoms with van der Waals surface area (Å²) in [5, 5.41) is 13.4. The highest BCUT2D eigenvalue weighted by molar-refractivity contribution is 6.42. The van der Waals surface area contributed by atoms with Crippen molar-refractivity contribution in [2.75, 3.05) is 5.32 Å². The molecule has 0 aliphatic heterocycles. The van der Waals surface area contributed by atoms with E-state index < -0.39 is 0 Å². The summed E-state index contributed by atoms with van der Waals surface area (Å²) >= 11 is 12.1. The largest absolute Gasteiger partial charge is 0.417 e. The van der Waals surface area contributed by atoms with Crippen LogP contribution in [0, 0.1) is 6.92 Å². The van der Waals surface area contributed by atoms with Crippen molar-refractivity contribution < 1.29 is 4.42 Å². The molecule has 0 radical (unpaired) electrons. The van der Waals surface area contributed by atoms with Gasteiger partial charge in [0.25, 0.3) is 0 Å². The molecule has 3 aromatic heterocycles. The molecule has 0 aliphatic carbocycles. The van der Waals surface area contributed by atoms with Crippen LogP contribution in [0.15, 0.2) is 65.3 Å². The number of hydrogen-bond acceptors (Lipinski definition) is 5. The first-order valence-electron chi connectivity index (χ1n) is 9.21. The van der Waals surface area contributed by atoms with Crippen LogP contribution in [-0.2, 0) is 6.54 Å². The molecule has 5 rings (SSSR count). The van der Waals surface area contributed by atoms with E-state index in [9.17, 15) is 0 Å². The molecule has 0 fully saturated rings. The number of aromatic nitrogens is 5. The molecule has 30 heavy (non-hydrogen) atoms. The molecule has 0 amide bonds. The van der Waals surface area contributed by atoms with Crippen molar-refractivity contribution in [3.63, 3.8) is 0 Å². The summed E-state index contributed by atoms with van der Waals surface area (Å²) in [7, 11) is 0. The van der Waals surface area contributed by atoms with E-state index in [4.69, 9.17) is 27.6 Å². The van der Waals surface area contributed by atoms with Crippen molar-refractivity contribution in [2.24, 2.45) is 0 Å². The Morgan fingerprint density at radius 1 is 1.00 bits per heavy atom. The van der Waals surface area contributed by atoms with Gasteiger partial charge < -0.3 is 9.73 Å². The number of nitrogens with one attached hydrogen (secondary N) is 1. The summed E-state index contributed by atoms with van der Waals surface area (Å²) in [5.74, 6) is 2.08. The Morgan fingerprint density at radius 3 is 2.60 bits per heavy atom. The maximum Gasteiger partial charge on any atom is 0.246 e. The van der Waals surface area contributed by atoms with Crippen molar-refractivity contribution in [3.8, 4) is 11.5 Å². The monoisotopic (exact) mass is 438 g/mol. The third-order valence-electron chi connectivity index (χ3n) is 4.64. The minimum absolute atomic E-state index is 0.537. The maximum absolute atomic E-state index is 6.08. The Kier molecular flexibility index (Phi) is 4.69. The Balaban J connectivity index is 1.28. The molecule has 5 aromatic rings. The highest BCUT2D eigenvalue weighted by Crippen LogP contribution is 2.25. The smallest absolute Gasteiger partial charge is 0.246 e. The number of aryl methyl sites for hydroxylation is 1. The lowest BCUT2D eigenvalue weighted by molar-refractivity contribution is 0.617. The van der Waals surface area contributed by atoms with Crippen LogP contribution in [0.3, 0.4) is 0 Å². The molecule has 0 saturated carbocycles. The number of benzene rings is 2. The molecule has 3 heterocycles. The van der Waals surface area contributed by atoms with Crippen LogP contribution in [0.5, 0.6) is 0 Å². The summed E-state index contributed by atoms with van der Waals surface area (Å²) in [6.45, 7) is 2.48.